The van der Waals surface area contributed by atoms with Gasteiger partial charge in [-0.1, -0.05) is 11.3 Å². The van der Waals surface area contributed by atoms with E-state index >= 15 is 0 Å². The number of halogens is 3. The van der Waals surface area contributed by atoms with E-state index in [0.717, 1.165) is 0 Å². The normalized spacial score (nSPS) is 18.7. The summed E-state index contributed by atoms with van der Waals surface area (Å²) >= 11 is 0.330. The summed E-state index contributed by atoms with van der Waals surface area (Å²) in [7, 11) is -2.50. The summed E-state index contributed by atoms with van der Waals surface area (Å²) in [6.45, 7) is 5.07. The maximum atomic E-state index is 13.3. The molecule has 1 N–H and O–H groups in total. The van der Waals surface area contributed by atoms with Crippen LogP contribution in [0.4, 0.5) is 18.9 Å². The average molecular weight is 574 g/mol. The van der Waals surface area contributed by atoms with Gasteiger partial charge in [0.1, 0.15) is 11.0 Å². The number of rotatable bonds is 7. The molecule has 5 rings (SSSR count). The van der Waals surface area contributed by atoms with E-state index < -0.39 is 32.9 Å². The van der Waals surface area contributed by atoms with Crippen molar-refractivity contribution in [2.24, 2.45) is 0 Å². The highest BCUT2D eigenvalue weighted by Gasteiger charge is 2.42. The molecule has 1 aliphatic carbocycles. The van der Waals surface area contributed by atoms with Gasteiger partial charge in [-0.05, 0) is 32.8 Å². The number of hydrogen-bond donors (Lipinski definition) is 1. The lowest BCUT2D eigenvalue weighted by Gasteiger charge is -2.37. The Kier molecular flexibility index (Phi) is 6.64. The van der Waals surface area contributed by atoms with Crippen molar-refractivity contribution in [3.63, 3.8) is 0 Å². The maximum Gasteiger partial charge on any atom is 0.445 e. The van der Waals surface area contributed by atoms with Crippen molar-refractivity contribution in [2.45, 2.75) is 49.4 Å². The van der Waals surface area contributed by atoms with Gasteiger partial charge in [0.15, 0.2) is 10.8 Å². The van der Waals surface area contributed by atoms with Crippen molar-refractivity contribution in [1.29, 1.82) is 0 Å². The molecule has 0 aromatic carbocycles. The van der Waals surface area contributed by atoms with Crippen LogP contribution >= 0.6 is 11.3 Å². The second kappa shape index (κ2) is 9.43. The molecule has 3 aromatic heterocycles. The Morgan fingerprint density at radius 2 is 1.89 bits per heavy atom. The van der Waals surface area contributed by atoms with Crippen molar-refractivity contribution >= 4 is 38.5 Å². The third-order valence-corrected chi connectivity index (χ3v) is 9.35. The molecule has 1 unspecified atom stereocenters. The summed E-state index contributed by atoms with van der Waals surface area (Å²) in [4.78, 5) is 20.4. The SMILES string of the molecule is COC(C)C(=O)N1CCN(c2cc(S(=O)(=O)NC3(C)CC3)cn3c(-c4nnc(C(F)(F)F)s4)ncc23)CC1. The lowest BCUT2D eigenvalue weighted by Crippen LogP contribution is -2.51. The molecule has 1 aliphatic heterocycles. The first kappa shape index (κ1) is 26.8. The zero-order valence-corrected chi connectivity index (χ0v) is 22.5. The number of nitrogens with zero attached hydrogens (tertiary/aromatic N) is 6. The molecule has 38 heavy (non-hydrogen) atoms. The predicted molar refractivity (Wildman–Crippen MR) is 132 cm³/mol. The molecule has 2 aliphatic rings. The van der Waals surface area contributed by atoms with E-state index in [1.165, 1.54) is 30.0 Å². The molecule has 16 heteroatoms. The maximum absolute atomic E-state index is 13.3. The van der Waals surface area contributed by atoms with Crippen molar-refractivity contribution in [3.05, 3.63) is 23.5 Å². The van der Waals surface area contributed by atoms with Gasteiger partial charge in [-0.15, -0.1) is 10.2 Å². The number of amides is 1. The number of carbonyl (C=O) groups excluding carboxylic acids is 1. The molecule has 2 fully saturated rings. The molecule has 0 bridgehead atoms. The Balaban J connectivity index is 1.55. The van der Waals surface area contributed by atoms with E-state index in [1.807, 2.05) is 11.8 Å². The van der Waals surface area contributed by atoms with Gasteiger partial charge in [0, 0.05) is 45.0 Å². The Labute approximate surface area is 220 Å². The van der Waals surface area contributed by atoms with Crippen molar-refractivity contribution in [3.8, 4) is 10.8 Å². The first-order valence-electron chi connectivity index (χ1n) is 11.8. The van der Waals surface area contributed by atoms with E-state index in [9.17, 15) is 26.4 Å². The molecular formula is C22H26F3N7O4S2. The number of methoxy groups -OCH3 is 1. The number of imidazole rings is 1. The van der Waals surface area contributed by atoms with Gasteiger partial charge in [0.2, 0.25) is 15.0 Å². The van der Waals surface area contributed by atoms with Gasteiger partial charge in [0.05, 0.1) is 17.4 Å². The van der Waals surface area contributed by atoms with Gasteiger partial charge in [-0.25, -0.2) is 18.1 Å². The summed E-state index contributed by atoms with van der Waals surface area (Å²) in [5.41, 5.74) is 0.488. The fraction of sp³-hybridized carbons (Fsp3) is 0.545. The van der Waals surface area contributed by atoms with Gasteiger partial charge < -0.3 is 14.5 Å². The molecular weight excluding hydrogens is 547 g/mol. The van der Waals surface area contributed by atoms with Crippen LogP contribution in [-0.4, -0.2) is 83.7 Å². The Morgan fingerprint density at radius 3 is 2.47 bits per heavy atom. The molecule has 0 radical (unpaired) electrons. The highest BCUT2D eigenvalue weighted by molar-refractivity contribution is 7.89. The molecule has 1 amide bonds. The van der Waals surface area contributed by atoms with Gasteiger partial charge >= 0.3 is 6.18 Å². The number of fused-ring (bicyclic) bond motifs is 1. The minimum Gasteiger partial charge on any atom is -0.372 e. The largest absolute Gasteiger partial charge is 0.445 e. The van der Waals surface area contributed by atoms with Crippen LogP contribution < -0.4 is 9.62 Å². The van der Waals surface area contributed by atoms with Gasteiger partial charge in [-0.3, -0.25) is 9.20 Å². The number of hydrogen-bond acceptors (Lipinski definition) is 9. The molecule has 1 atom stereocenters. The number of nitrogens with one attached hydrogen (secondary N) is 1. The molecule has 1 saturated carbocycles. The Bertz CT molecular complexity index is 1480. The minimum absolute atomic E-state index is 0.0478. The first-order valence-corrected chi connectivity index (χ1v) is 14.1. The van der Waals surface area contributed by atoms with Crippen LogP contribution in [0.25, 0.3) is 16.3 Å². The summed E-state index contributed by atoms with van der Waals surface area (Å²) in [6, 6.07) is 1.53. The number of anilines is 1. The van der Waals surface area contributed by atoms with Crippen molar-refractivity contribution < 1.29 is 31.1 Å². The third kappa shape index (κ3) is 5.09. The lowest BCUT2D eigenvalue weighted by atomic mass is 10.2. The van der Waals surface area contributed by atoms with Crippen molar-refractivity contribution in [1.82, 2.24) is 29.2 Å². The number of pyridine rings is 1. The van der Waals surface area contributed by atoms with Crippen LogP contribution in [0.3, 0.4) is 0 Å². The van der Waals surface area contributed by atoms with E-state index in [0.29, 0.717) is 61.6 Å². The molecule has 1 saturated heterocycles. The summed E-state index contributed by atoms with van der Waals surface area (Å²) < 4.78 is 75.4. The van der Waals surface area contributed by atoms with Crippen LogP contribution in [0, 0.1) is 0 Å². The standard InChI is InChI=1S/C22H26F3N7O4S2/c1-13(36-3)19(33)31-8-6-30(7-9-31)15-10-14(38(34,35)29-21(2)4-5-21)12-32-16(15)11-26-17(32)18-27-28-20(37-18)22(23,24)25/h10-13,29H,4-9H2,1-3H3. The van der Waals surface area contributed by atoms with Gasteiger partial charge in [0.25, 0.3) is 5.91 Å². The lowest BCUT2D eigenvalue weighted by molar-refractivity contribution is -0.141. The third-order valence-electron chi connectivity index (χ3n) is 6.78. The zero-order valence-electron chi connectivity index (χ0n) is 20.8. The van der Waals surface area contributed by atoms with E-state index in [1.54, 1.807) is 11.8 Å². The molecule has 0 spiro atoms. The van der Waals surface area contributed by atoms with Crippen LogP contribution in [0.15, 0.2) is 23.4 Å². The average Bonchev–Trinajstić information content (AvgIpc) is 3.26. The molecule has 206 valence electrons. The fourth-order valence-electron chi connectivity index (χ4n) is 4.24. The highest BCUT2D eigenvalue weighted by Crippen LogP contribution is 2.38. The predicted octanol–water partition coefficient (Wildman–Crippen LogP) is 2.39. The number of alkyl halides is 3. The number of aromatic nitrogens is 4. The minimum atomic E-state index is -4.66. The topological polar surface area (TPSA) is 122 Å². The van der Waals surface area contributed by atoms with Crippen LogP contribution in [-0.2, 0) is 25.7 Å². The van der Waals surface area contributed by atoms with Crippen LogP contribution in [0.1, 0.15) is 31.7 Å². The smallest absolute Gasteiger partial charge is 0.372 e. The number of piperazine rings is 1. The number of ether oxygens (including phenoxy) is 1. The molecule has 11 nitrogen and oxygen atoms in total. The van der Waals surface area contributed by atoms with Gasteiger partial charge in [-0.2, -0.15) is 13.2 Å². The Morgan fingerprint density at radius 1 is 1.21 bits per heavy atom. The highest BCUT2D eigenvalue weighted by atomic mass is 32.2. The first-order chi connectivity index (χ1) is 17.8. The number of carbonyl (C=O) groups is 1. The zero-order chi connectivity index (χ0) is 27.5. The van der Waals surface area contributed by atoms with E-state index in [-0.39, 0.29) is 21.6 Å². The molecule has 4 heterocycles. The van der Waals surface area contributed by atoms with E-state index in [4.69, 9.17) is 4.74 Å². The summed E-state index contributed by atoms with van der Waals surface area (Å²) in [5, 5.41) is 5.68. The van der Waals surface area contributed by atoms with Crippen LogP contribution in [0.5, 0.6) is 0 Å². The fourth-order valence-corrected chi connectivity index (χ4v) is 6.43. The summed E-state index contributed by atoms with van der Waals surface area (Å²) in [6.07, 6.45) is -1.02. The Hall–Kier alpha value is -2.82. The van der Waals surface area contributed by atoms with E-state index in [2.05, 4.69) is 19.9 Å². The number of sulfonamides is 1. The summed E-state index contributed by atoms with van der Waals surface area (Å²) in [5.74, 6) is -0.0921. The quantitative estimate of drug-likeness (QED) is 0.457. The second-order valence-corrected chi connectivity index (χ2v) is 12.3. The monoisotopic (exact) mass is 573 g/mol. The molecule has 3 aromatic rings. The van der Waals surface area contributed by atoms with Crippen LogP contribution in [0.2, 0.25) is 0 Å². The van der Waals surface area contributed by atoms with Crippen molar-refractivity contribution in [2.75, 3.05) is 38.2 Å². The second-order valence-electron chi connectivity index (χ2n) is 9.66.